The third-order valence-electron chi connectivity index (χ3n) is 6.33. The normalized spacial score (nSPS) is 11.0. The van der Waals surface area contributed by atoms with Gasteiger partial charge in [0.2, 0.25) is 5.91 Å². The van der Waals surface area contributed by atoms with E-state index in [2.05, 4.69) is 12.2 Å². The van der Waals surface area contributed by atoms with Crippen molar-refractivity contribution in [2.24, 2.45) is 0 Å². The second-order valence-electron chi connectivity index (χ2n) is 8.73. The van der Waals surface area contributed by atoms with E-state index in [0.29, 0.717) is 21.1 Å². The van der Waals surface area contributed by atoms with Crippen LogP contribution in [0.1, 0.15) is 18.1 Å². The van der Waals surface area contributed by atoms with Gasteiger partial charge in [-0.05, 0) is 54.3 Å². The summed E-state index contributed by atoms with van der Waals surface area (Å²) in [7, 11) is 1.63. The Morgan fingerprint density at radius 2 is 1.82 bits per heavy atom. The number of aryl methyl sites for hydroxylation is 2. The summed E-state index contributed by atoms with van der Waals surface area (Å²) in [5.74, 6) is 0.735. The smallest absolute Gasteiger partial charge is 0.268 e. The number of fused-ring (bicyclic) bond motifs is 1. The Morgan fingerprint density at radius 3 is 2.53 bits per heavy atom. The van der Waals surface area contributed by atoms with Gasteiger partial charge in [0.05, 0.1) is 23.9 Å². The van der Waals surface area contributed by atoms with Gasteiger partial charge in [-0.3, -0.25) is 14.2 Å². The molecule has 5 rings (SSSR count). The summed E-state index contributed by atoms with van der Waals surface area (Å²) in [5.41, 5.74) is 5.25. The van der Waals surface area contributed by atoms with Gasteiger partial charge < -0.3 is 10.1 Å². The summed E-state index contributed by atoms with van der Waals surface area (Å²) in [5, 5.41) is 6.06. The SMILES string of the molecule is CCc1cccc(C)c1NC(=O)CSc1nc2scc(-c3ccc(OC)cc3)c2c(=O)n1-c1ccccc1. The van der Waals surface area contributed by atoms with Gasteiger partial charge in [-0.2, -0.15) is 0 Å². The molecule has 0 atom stereocenters. The fourth-order valence-corrected chi connectivity index (χ4v) is 6.17. The van der Waals surface area contributed by atoms with Gasteiger partial charge in [0.15, 0.2) is 5.16 Å². The van der Waals surface area contributed by atoms with Crippen LogP contribution in [0, 0.1) is 6.92 Å². The zero-order valence-electron chi connectivity index (χ0n) is 21.4. The van der Waals surface area contributed by atoms with Gasteiger partial charge in [-0.15, -0.1) is 11.3 Å². The largest absolute Gasteiger partial charge is 0.497 e. The lowest BCUT2D eigenvalue weighted by molar-refractivity contribution is -0.113. The molecule has 0 unspecified atom stereocenters. The first kappa shape index (κ1) is 25.8. The topological polar surface area (TPSA) is 73.2 Å². The second-order valence-corrected chi connectivity index (χ2v) is 10.5. The standard InChI is InChI=1S/C30H27N3O3S2/c1-4-20-10-8-9-19(2)27(20)31-25(34)18-38-30-32-28-26(29(35)33(30)22-11-6-5-7-12-22)24(17-37-28)21-13-15-23(36-3)16-14-21/h5-17H,4,18H2,1-3H3,(H,31,34). The molecular weight excluding hydrogens is 514 g/mol. The van der Waals surface area contributed by atoms with Crippen molar-refractivity contribution >= 4 is 44.9 Å². The first-order valence-electron chi connectivity index (χ1n) is 12.3. The number of thiophene rings is 1. The molecule has 2 aromatic heterocycles. The highest BCUT2D eigenvalue weighted by Gasteiger charge is 2.20. The monoisotopic (exact) mass is 541 g/mol. The molecular formula is C30H27N3O3S2. The molecule has 0 saturated carbocycles. The number of carbonyl (C=O) groups excluding carboxylic acids is 1. The number of hydrogen-bond acceptors (Lipinski definition) is 6. The van der Waals surface area contributed by atoms with Crippen LogP contribution in [0.3, 0.4) is 0 Å². The molecule has 0 aliphatic carbocycles. The van der Waals surface area contributed by atoms with Crippen LogP contribution < -0.4 is 15.6 Å². The van der Waals surface area contributed by atoms with E-state index >= 15 is 0 Å². The minimum absolute atomic E-state index is 0.124. The van der Waals surface area contributed by atoms with Crippen molar-refractivity contribution in [3.8, 4) is 22.6 Å². The lowest BCUT2D eigenvalue weighted by Crippen LogP contribution is -2.23. The summed E-state index contributed by atoms with van der Waals surface area (Å²) in [6.07, 6.45) is 0.825. The number of benzene rings is 3. The summed E-state index contributed by atoms with van der Waals surface area (Å²) >= 11 is 2.68. The number of hydrogen-bond donors (Lipinski definition) is 1. The lowest BCUT2D eigenvalue weighted by Gasteiger charge is -2.14. The number of thioether (sulfide) groups is 1. The molecule has 1 N–H and O–H groups in total. The van der Waals surface area contributed by atoms with Crippen LogP contribution in [0.5, 0.6) is 5.75 Å². The third-order valence-corrected chi connectivity index (χ3v) is 8.14. The zero-order chi connectivity index (χ0) is 26.6. The number of methoxy groups -OCH3 is 1. The van der Waals surface area contributed by atoms with Crippen molar-refractivity contribution in [3.05, 3.63) is 99.7 Å². The molecule has 6 nitrogen and oxygen atoms in total. The maximum absolute atomic E-state index is 14.0. The van der Waals surface area contributed by atoms with Crippen molar-refractivity contribution in [1.82, 2.24) is 9.55 Å². The van der Waals surface area contributed by atoms with Crippen LogP contribution in [0.25, 0.3) is 27.0 Å². The fourth-order valence-electron chi connectivity index (χ4n) is 4.36. The van der Waals surface area contributed by atoms with Crippen LogP contribution >= 0.6 is 23.1 Å². The number of anilines is 1. The predicted molar refractivity (Wildman–Crippen MR) is 157 cm³/mol. The molecule has 0 aliphatic rings. The van der Waals surface area contributed by atoms with Crippen molar-refractivity contribution in [2.75, 3.05) is 18.2 Å². The Kier molecular flexibility index (Phi) is 7.62. The minimum Gasteiger partial charge on any atom is -0.497 e. The number of ether oxygens (including phenoxy) is 1. The highest BCUT2D eigenvalue weighted by Crippen LogP contribution is 2.34. The summed E-state index contributed by atoms with van der Waals surface area (Å²) < 4.78 is 6.88. The molecule has 3 aromatic carbocycles. The average Bonchev–Trinajstić information content (AvgIpc) is 3.38. The van der Waals surface area contributed by atoms with Crippen LogP contribution in [-0.2, 0) is 11.2 Å². The maximum atomic E-state index is 14.0. The molecule has 1 amide bonds. The molecule has 2 heterocycles. The summed E-state index contributed by atoms with van der Waals surface area (Å²) in [4.78, 5) is 32.5. The van der Waals surface area contributed by atoms with Gasteiger partial charge in [0.25, 0.3) is 5.56 Å². The van der Waals surface area contributed by atoms with E-state index in [-0.39, 0.29) is 17.2 Å². The Bertz CT molecular complexity index is 1660. The average molecular weight is 542 g/mol. The number of para-hydroxylation sites is 2. The molecule has 0 bridgehead atoms. The number of carbonyl (C=O) groups is 1. The number of rotatable bonds is 8. The first-order valence-corrected chi connectivity index (χ1v) is 14.1. The van der Waals surface area contributed by atoms with Crippen LogP contribution in [0.15, 0.2) is 88.1 Å². The predicted octanol–water partition coefficient (Wildman–Crippen LogP) is 6.72. The van der Waals surface area contributed by atoms with Crippen LogP contribution in [0.2, 0.25) is 0 Å². The molecule has 0 radical (unpaired) electrons. The highest BCUT2D eigenvalue weighted by molar-refractivity contribution is 7.99. The lowest BCUT2D eigenvalue weighted by atomic mass is 10.1. The van der Waals surface area contributed by atoms with Gasteiger partial charge in [0, 0.05) is 16.6 Å². The summed E-state index contributed by atoms with van der Waals surface area (Å²) in [6, 6.07) is 23.1. The quantitative estimate of drug-likeness (QED) is 0.174. The van der Waals surface area contributed by atoms with Gasteiger partial charge >= 0.3 is 0 Å². The minimum atomic E-state index is -0.164. The Labute approximate surface area is 229 Å². The van der Waals surface area contributed by atoms with Crippen molar-refractivity contribution in [2.45, 2.75) is 25.4 Å². The molecule has 8 heteroatoms. The third kappa shape index (κ3) is 5.10. The maximum Gasteiger partial charge on any atom is 0.268 e. The van der Waals surface area contributed by atoms with E-state index in [4.69, 9.17) is 9.72 Å². The van der Waals surface area contributed by atoms with Crippen molar-refractivity contribution < 1.29 is 9.53 Å². The van der Waals surface area contributed by atoms with E-state index in [1.165, 1.54) is 23.1 Å². The van der Waals surface area contributed by atoms with E-state index < -0.39 is 0 Å². The highest BCUT2D eigenvalue weighted by atomic mass is 32.2. The number of aromatic nitrogens is 2. The molecule has 0 aliphatic heterocycles. The molecule has 5 aromatic rings. The Morgan fingerprint density at radius 1 is 1.05 bits per heavy atom. The Balaban J connectivity index is 1.52. The summed E-state index contributed by atoms with van der Waals surface area (Å²) in [6.45, 7) is 4.06. The van der Waals surface area contributed by atoms with Crippen molar-refractivity contribution in [1.29, 1.82) is 0 Å². The van der Waals surface area contributed by atoms with Crippen LogP contribution in [-0.4, -0.2) is 28.3 Å². The van der Waals surface area contributed by atoms with Crippen LogP contribution in [0.4, 0.5) is 5.69 Å². The van der Waals surface area contributed by atoms with E-state index in [1.807, 2.05) is 85.1 Å². The second kappa shape index (κ2) is 11.2. The molecule has 38 heavy (non-hydrogen) atoms. The molecule has 0 fully saturated rings. The molecule has 0 saturated heterocycles. The zero-order valence-corrected chi connectivity index (χ0v) is 23.0. The van der Waals surface area contributed by atoms with Gasteiger partial charge in [0.1, 0.15) is 10.6 Å². The van der Waals surface area contributed by atoms with Gasteiger partial charge in [-0.1, -0.05) is 67.2 Å². The van der Waals surface area contributed by atoms with E-state index in [1.54, 1.807) is 11.7 Å². The first-order chi connectivity index (χ1) is 18.5. The van der Waals surface area contributed by atoms with Crippen molar-refractivity contribution in [3.63, 3.8) is 0 Å². The number of amides is 1. The van der Waals surface area contributed by atoms with E-state index in [9.17, 15) is 9.59 Å². The van der Waals surface area contributed by atoms with Gasteiger partial charge in [-0.25, -0.2) is 4.98 Å². The Hall–Kier alpha value is -3.88. The number of nitrogens with zero attached hydrogens (tertiary/aromatic N) is 2. The van der Waals surface area contributed by atoms with E-state index in [0.717, 1.165) is 40.1 Å². The number of nitrogens with one attached hydrogen (secondary N) is 1. The fraction of sp³-hybridized carbons (Fsp3) is 0.167. The molecule has 0 spiro atoms. The molecule has 192 valence electrons.